The van der Waals surface area contributed by atoms with Crippen molar-refractivity contribution in [2.75, 3.05) is 0 Å². The molecule has 1 aliphatic rings. The molecule has 0 bridgehead atoms. The van der Waals surface area contributed by atoms with Gasteiger partial charge in [0.05, 0.1) is 12.8 Å². The molecule has 1 aromatic rings. The third-order valence-corrected chi connectivity index (χ3v) is 2.68. The monoisotopic (exact) mass is 262 g/mol. The molecule has 5 nitrogen and oxygen atoms in total. The molecule has 0 radical (unpaired) electrons. The van der Waals surface area contributed by atoms with E-state index in [0.717, 1.165) is 10.7 Å². The molecule has 18 heavy (non-hydrogen) atoms. The Kier molecular flexibility index (Phi) is 2.88. The van der Waals surface area contributed by atoms with E-state index in [1.54, 1.807) is 0 Å². The van der Waals surface area contributed by atoms with Gasteiger partial charge in [-0.25, -0.2) is 0 Å². The van der Waals surface area contributed by atoms with E-state index in [2.05, 4.69) is 9.84 Å². The van der Waals surface area contributed by atoms with E-state index >= 15 is 0 Å². The number of alkyl halides is 3. The standard InChI is InChI=1S/C10H9F3N2O3/c1-15-6(4-7(14-15)10(11,12)13)5-2-8(16)18-9(17)3-5/h4-5H,2-3H2,1H3. The maximum Gasteiger partial charge on any atom is 0.435 e. The molecule has 2 heterocycles. The van der Waals surface area contributed by atoms with Crippen molar-refractivity contribution in [3.05, 3.63) is 17.5 Å². The van der Waals surface area contributed by atoms with E-state index < -0.39 is 29.7 Å². The Hall–Kier alpha value is -1.86. The van der Waals surface area contributed by atoms with Gasteiger partial charge in [-0.15, -0.1) is 0 Å². The zero-order chi connectivity index (χ0) is 13.5. The maximum absolute atomic E-state index is 12.5. The first-order valence-electron chi connectivity index (χ1n) is 5.12. The summed E-state index contributed by atoms with van der Waals surface area (Å²) < 4.78 is 42.8. The van der Waals surface area contributed by atoms with Crippen LogP contribution in [0.1, 0.15) is 30.1 Å². The molecule has 0 aromatic carbocycles. The second kappa shape index (κ2) is 4.11. The van der Waals surface area contributed by atoms with Crippen LogP contribution in [-0.4, -0.2) is 21.7 Å². The second-order valence-electron chi connectivity index (χ2n) is 4.03. The largest absolute Gasteiger partial charge is 0.435 e. The molecule has 0 amide bonds. The predicted octanol–water partition coefficient (Wildman–Crippen LogP) is 1.39. The number of hydrogen-bond acceptors (Lipinski definition) is 4. The van der Waals surface area contributed by atoms with Crippen molar-refractivity contribution < 1.29 is 27.5 Å². The van der Waals surface area contributed by atoms with E-state index in [1.807, 2.05) is 0 Å². The fraction of sp³-hybridized carbons (Fsp3) is 0.500. The molecular weight excluding hydrogens is 253 g/mol. The summed E-state index contributed by atoms with van der Waals surface area (Å²) in [6.45, 7) is 0. The summed E-state index contributed by atoms with van der Waals surface area (Å²) in [6, 6.07) is 0.858. The molecule has 0 unspecified atom stereocenters. The molecule has 8 heteroatoms. The van der Waals surface area contributed by atoms with Crippen LogP contribution in [0, 0.1) is 0 Å². The van der Waals surface area contributed by atoms with Crippen LogP contribution in [0.3, 0.4) is 0 Å². The normalized spacial score (nSPS) is 18.0. The number of esters is 2. The molecule has 0 N–H and O–H groups in total. The summed E-state index contributed by atoms with van der Waals surface area (Å²) in [5, 5.41) is 3.34. The molecule has 0 saturated carbocycles. The van der Waals surface area contributed by atoms with Crippen molar-refractivity contribution in [3.63, 3.8) is 0 Å². The number of aromatic nitrogens is 2. The lowest BCUT2D eigenvalue weighted by Gasteiger charge is -2.19. The number of halogens is 3. The molecule has 1 fully saturated rings. The lowest BCUT2D eigenvalue weighted by molar-refractivity contribution is -0.164. The average Bonchev–Trinajstić information content (AvgIpc) is 2.58. The van der Waals surface area contributed by atoms with Crippen LogP contribution >= 0.6 is 0 Å². The first-order valence-corrected chi connectivity index (χ1v) is 5.12. The van der Waals surface area contributed by atoms with Crippen molar-refractivity contribution in [3.8, 4) is 0 Å². The van der Waals surface area contributed by atoms with Gasteiger partial charge in [0.15, 0.2) is 5.69 Å². The Morgan fingerprint density at radius 1 is 1.33 bits per heavy atom. The van der Waals surface area contributed by atoms with Gasteiger partial charge >= 0.3 is 18.1 Å². The third kappa shape index (κ3) is 2.36. The lowest BCUT2D eigenvalue weighted by Crippen LogP contribution is -2.25. The van der Waals surface area contributed by atoms with E-state index in [4.69, 9.17) is 0 Å². The molecular formula is C10H9F3N2O3. The fourth-order valence-electron chi connectivity index (χ4n) is 1.90. The summed E-state index contributed by atoms with van der Waals surface area (Å²) in [5.74, 6) is -2.08. The number of hydrogen-bond donors (Lipinski definition) is 0. The van der Waals surface area contributed by atoms with Gasteiger partial charge in [-0.2, -0.15) is 18.3 Å². The van der Waals surface area contributed by atoms with Crippen LogP contribution in [0.2, 0.25) is 0 Å². The zero-order valence-corrected chi connectivity index (χ0v) is 9.32. The Balaban J connectivity index is 2.31. The number of carbonyl (C=O) groups excluding carboxylic acids is 2. The molecule has 1 aromatic heterocycles. The summed E-state index contributed by atoms with van der Waals surface area (Å²) in [6.07, 6.45) is -4.79. The van der Waals surface area contributed by atoms with Crippen LogP contribution < -0.4 is 0 Å². The van der Waals surface area contributed by atoms with Crippen molar-refractivity contribution >= 4 is 11.9 Å². The third-order valence-electron chi connectivity index (χ3n) is 2.68. The molecule has 0 spiro atoms. The Labute approximate surface area is 99.5 Å². The van der Waals surface area contributed by atoms with Crippen LogP contribution in [0.15, 0.2) is 6.07 Å². The first kappa shape index (κ1) is 12.6. The van der Waals surface area contributed by atoms with Crippen molar-refractivity contribution in [1.82, 2.24) is 9.78 Å². The smallest absolute Gasteiger partial charge is 0.393 e. The second-order valence-corrected chi connectivity index (χ2v) is 4.03. The van der Waals surface area contributed by atoms with Crippen molar-refractivity contribution in [1.29, 1.82) is 0 Å². The van der Waals surface area contributed by atoms with Gasteiger partial charge in [0.1, 0.15) is 0 Å². The number of carbonyl (C=O) groups is 2. The van der Waals surface area contributed by atoms with E-state index in [-0.39, 0.29) is 18.5 Å². The molecule has 2 rings (SSSR count). The van der Waals surface area contributed by atoms with Gasteiger partial charge < -0.3 is 4.74 Å². The summed E-state index contributed by atoms with van der Waals surface area (Å²) in [5.41, 5.74) is -0.835. The quantitative estimate of drug-likeness (QED) is 0.566. The molecule has 98 valence electrons. The fourth-order valence-corrected chi connectivity index (χ4v) is 1.90. The number of cyclic esters (lactones) is 2. The number of ether oxygens (including phenoxy) is 1. The van der Waals surface area contributed by atoms with Gasteiger partial charge in [-0.05, 0) is 6.07 Å². The minimum Gasteiger partial charge on any atom is -0.393 e. The minimum atomic E-state index is -4.55. The van der Waals surface area contributed by atoms with Crippen LogP contribution in [0.25, 0.3) is 0 Å². The van der Waals surface area contributed by atoms with E-state index in [0.29, 0.717) is 0 Å². The number of nitrogens with zero attached hydrogens (tertiary/aromatic N) is 2. The molecule has 0 atom stereocenters. The minimum absolute atomic E-state index is 0.122. The topological polar surface area (TPSA) is 61.2 Å². The highest BCUT2D eigenvalue weighted by atomic mass is 19.4. The average molecular weight is 262 g/mol. The highest BCUT2D eigenvalue weighted by Gasteiger charge is 2.37. The van der Waals surface area contributed by atoms with Gasteiger partial charge in [0, 0.05) is 18.7 Å². The summed E-state index contributed by atoms with van der Waals surface area (Å²) in [4.78, 5) is 22.2. The van der Waals surface area contributed by atoms with Crippen LogP contribution in [-0.2, 0) is 27.5 Å². The predicted molar refractivity (Wildman–Crippen MR) is 51.3 cm³/mol. The van der Waals surface area contributed by atoms with Crippen molar-refractivity contribution in [2.45, 2.75) is 24.9 Å². The summed E-state index contributed by atoms with van der Waals surface area (Å²) >= 11 is 0. The van der Waals surface area contributed by atoms with Crippen molar-refractivity contribution in [2.24, 2.45) is 7.05 Å². The van der Waals surface area contributed by atoms with Gasteiger partial charge in [0.25, 0.3) is 0 Å². The number of rotatable bonds is 1. The van der Waals surface area contributed by atoms with E-state index in [1.165, 1.54) is 7.05 Å². The molecule has 1 saturated heterocycles. The number of aryl methyl sites for hydroxylation is 1. The Morgan fingerprint density at radius 3 is 2.33 bits per heavy atom. The van der Waals surface area contributed by atoms with Gasteiger partial charge in [0.2, 0.25) is 0 Å². The lowest BCUT2D eigenvalue weighted by atomic mass is 9.95. The van der Waals surface area contributed by atoms with E-state index in [9.17, 15) is 22.8 Å². The maximum atomic E-state index is 12.5. The van der Waals surface area contributed by atoms with Gasteiger partial charge in [-0.1, -0.05) is 0 Å². The van der Waals surface area contributed by atoms with Crippen LogP contribution in [0.5, 0.6) is 0 Å². The molecule has 1 aliphatic heterocycles. The zero-order valence-electron chi connectivity index (χ0n) is 9.32. The highest BCUT2D eigenvalue weighted by Crippen LogP contribution is 2.33. The Morgan fingerprint density at radius 2 is 1.89 bits per heavy atom. The summed E-state index contributed by atoms with van der Waals surface area (Å²) in [7, 11) is 1.34. The SMILES string of the molecule is Cn1nc(C(F)(F)F)cc1C1CC(=O)OC(=O)C1. The molecule has 0 aliphatic carbocycles. The van der Waals surface area contributed by atoms with Gasteiger partial charge in [-0.3, -0.25) is 14.3 Å². The van der Waals surface area contributed by atoms with Crippen LogP contribution in [0.4, 0.5) is 13.2 Å². The Bertz CT molecular complexity index is 491. The highest BCUT2D eigenvalue weighted by molar-refractivity contribution is 5.89. The first-order chi connectivity index (χ1) is 8.27.